The zero-order chi connectivity index (χ0) is 9.83. The molecule has 0 saturated heterocycles. The molecule has 0 aliphatic heterocycles. The second-order valence-electron chi connectivity index (χ2n) is 3.97. The summed E-state index contributed by atoms with van der Waals surface area (Å²) in [5.74, 6) is -1.46. The van der Waals surface area contributed by atoms with E-state index < -0.39 is 5.91 Å². The van der Waals surface area contributed by atoms with E-state index >= 15 is 0 Å². The molecule has 0 radical (unpaired) electrons. The van der Waals surface area contributed by atoms with Crippen LogP contribution in [-0.4, -0.2) is 17.6 Å². The van der Waals surface area contributed by atoms with Gasteiger partial charge in [-0.3, -0.25) is 5.73 Å². The highest BCUT2D eigenvalue weighted by molar-refractivity contribution is 4.73. The van der Waals surface area contributed by atoms with Crippen LogP contribution < -0.4 is 5.73 Å². The van der Waals surface area contributed by atoms with Crippen LogP contribution in [0.2, 0.25) is 0 Å². The van der Waals surface area contributed by atoms with Crippen molar-refractivity contribution in [2.24, 2.45) is 11.1 Å². The normalized spacial score (nSPS) is 17.5. The molecular formula is C9H21NO2. The summed E-state index contributed by atoms with van der Waals surface area (Å²) >= 11 is 0. The first kappa shape index (κ1) is 11.9. The predicted octanol–water partition coefficient (Wildman–Crippen LogP) is 1.45. The molecule has 3 heteroatoms. The van der Waals surface area contributed by atoms with E-state index in [9.17, 15) is 5.11 Å². The molecule has 0 fully saturated rings. The van der Waals surface area contributed by atoms with Gasteiger partial charge in [-0.2, -0.15) is 0 Å². The summed E-state index contributed by atoms with van der Waals surface area (Å²) in [4.78, 5) is 0. The first-order chi connectivity index (χ1) is 5.33. The van der Waals surface area contributed by atoms with E-state index in [1.165, 1.54) is 0 Å². The van der Waals surface area contributed by atoms with E-state index in [0.29, 0.717) is 13.0 Å². The summed E-state index contributed by atoms with van der Waals surface area (Å²) in [5.41, 5.74) is 5.55. The summed E-state index contributed by atoms with van der Waals surface area (Å²) in [5, 5.41) is 9.54. The Morgan fingerprint density at radius 3 is 2.17 bits per heavy atom. The topological polar surface area (TPSA) is 55.5 Å². The molecule has 3 N–H and O–H groups in total. The molecule has 0 aromatic rings. The maximum atomic E-state index is 9.54. The van der Waals surface area contributed by atoms with Gasteiger partial charge in [0.15, 0.2) is 0 Å². The Kier molecular flexibility index (Phi) is 4.17. The fourth-order valence-corrected chi connectivity index (χ4v) is 1.11. The molecule has 3 nitrogen and oxygen atoms in total. The smallest absolute Gasteiger partial charge is 0.222 e. The van der Waals surface area contributed by atoms with Gasteiger partial charge in [0, 0.05) is 13.0 Å². The van der Waals surface area contributed by atoms with Crippen LogP contribution in [-0.2, 0) is 4.74 Å². The van der Waals surface area contributed by atoms with Gasteiger partial charge in [-0.1, -0.05) is 27.2 Å². The number of hydrogen-bond donors (Lipinski definition) is 2. The zero-order valence-electron chi connectivity index (χ0n) is 8.55. The zero-order valence-corrected chi connectivity index (χ0v) is 8.55. The first-order valence-electron chi connectivity index (χ1n) is 4.48. The second-order valence-corrected chi connectivity index (χ2v) is 3.97. The number of aliphatic hydroxyl groups is 1. The lowest BCUT2D eigenvalue weighted by atomic mass is 9.85. The van der Waals surface area contributed by atoms with Crippen LogP contribution in [0.3, 0.4) is 0 Å². The quantitative estimate of drug-likeness (QED) is 0.622. The van der Waals surface area contributed by atoms with Crippen molar-refractivity contribution in [1.82, 2.24) is 0 Å². The van der Waals surface area contributed by atoms with Crippen LogP contribution in [0.15, 0.2) is 0 Å². The molecule has 1 unspecified atom stereocenters. The van der Waals surface area contributed by atoms with Crippen LogP contribution in [0.4, 0.5) is 0 Å². The lowest BCUT2D eigenvalue weighted by molar-refractivity contribution is -0.214. The van der Waals surface area contributed by atoms with E-state index in [1.54, 1.807) is 0 Å². The highest BCUT2D eigenvalue weighted by atomic mass is 16.6. The summed E-state index contributed by atoms with van der Waals surface area (Å²) in [7, 11) is 0. The molecule has 0 saturated carbocycles. The van der Waals surface area contributed by atoms with Crippen molar-refractivity contribution in [3.63, 3.8) is 0 Å². The number of hydrogen-bond acceptors (Lipinski definition) is 3. The molecule has 0 bridgehead atoms. The van der Waals surface area contributed by atoms with Crippen molar-refractivity contribution < 1.29 is 9.84 Å². The molecule has 0 aliphatic rings. The van der Waals surface area contributed by atoms with Gasteiger partial charge in [0.1, 0.15) is 0 Å². The van der Waals surface area contributed by atoms with Crippen LogP contribution in [0, 0.1) is 5.41 Å². The van der Waals surface area contributed by atoms with Gasteiger partial charge in [0.25, 0.3) is 0 Å². The van der Waals surface area contributed by atoms with E-state index in [4.69, 9.17) is 10.5 Å². The van der Waals surface area contributed by atoms with Gasteiger partial charge in [-0.25, -0.2) is 0 Å². The highest BCUT2D eigenvalue weighted by Gasteiger charge is 2.30. The molecule has 0 spiro atoms. The Morgan fingerprint density at radius 1 is 1.33 bits per heavy atom. The minimum atomic E-state index is -1.46. The molecule has 0 aliphatic carbocycles. The maximum absolute atomic E-state index is 9.54. The minimum Gasteiger partial charge on any atom is -0.353 e. The minimum absolute atomic E-state index is 0.0265. The van der Waals surface area contributed by atoms with E-state index in [2.05, 4.69) is 20.8 Å². The third-order valence-electron chi connectivity index (χ3n) is 2.08. The Morgan fingerprint density at radius 2 is 1.83 bits per heavy atom. The summed E-state index contributed by atoms with van der Waals surface area (Å²) in [6.07, 6.45) is 1.43. The number of nitrogens with two attached hydrogens (primary N) is 1. The number of ether oxygens (including phenoxy) is 1. The van der Waals surface area contributed by atoms with Crippen molar-refractivity contribution in [2.45, 2.75) is 46.4 Å². The molecule has 0 rings (SSSR count). The van der Waals surface area contributed by atoms with Gasteiger partial charge >= 0.3 is 0 Å². The predicted molar refractivity (Wildman–Crippen MR) is 49.5 cm³/mol. The van der Waals surface area contributed by atoms with Crippen molar-refractivity contribution in [2.75, 3.05) is 6.61 Å². The third-order valence-corrected chi connectivity index (χ3v) is 2.08. The molecular weight excluding hydrogens is 154 g/mol. The van der Waals surface area contributed by atoms with Crippen molar-refractivity contribution in [3.05, 3.63) is 0 Å². The fourth-order valence-electron chi connectivity index (χ4n) is 1.11. The Labute approximate surface area is 74.9 Å². The fraction of sp³-hybridized carbons (Fsp3) is 1.00. The highest BCUT2D eigenvalue weighted by Crippen LogP contribution is 2.29. The summed E-state index contributed by atoms with van der Waals surface area (Å²) in [6.45, 7) is 8.44. The van der Waals surface area contributed by atoms with Gasteiger partial charge in [-0.15, -0.1) is 0 Å². The van der Waals surface area contributed by atoms with Crippen molar-refractivity contribution in [1.29, 1.82) is 0 Å². The Balaban J connectivity index is 4.04. The summed E-state index contributed by atoms with van der Waals surface area (Å²) in [6, 6.07) is 0. The maximum Gasteiger partial charge on any atom is 0.222 e. The van der Waals surface area contributed by atoms with Gasteiger partial charge in [0.2, 0.25) is 5.91 Å². The Hall–Kier alpha value is -0.120. The van der Waals surface area contributed by atoms with Gasteiger partial charge in [0.05, 0.1) is 0 Å². The monoisotopic (exact) mass is 175 g/mol. The summed E-state index contributed by atoms with van der Waals surface area (Å²) < 4.78 is 5.00. The van der Waals surface area contributed by atoms with E-state index in [1.807, 2.05) is 6.92 Å². The van der Waals surface area contributed by atoms with Crippen LogP contribution in [0.5, 0.6) is 0 Å². The average Bonchev–Trinajstić information content (AvgIpc) is 1.85. The van der Waals surface area contributed by atoms with Crippen LogP contribution >= 0.6 is 0 Å². The molecule has 0 aromatic carbocycles. The third kappa shape index (κ3) is 4.70. The molecule has 0 aromatic heterocycles. The van der Waals surface area contributed by atoms with Crippen molar-refractivity contribution >= 4 is 0 Å². The number of rotatable bonds is 5. The van der Waals surface area contributed by atoms with E-state index in [0.717, 1.165) is 6.42 Å². The van der Waals surface area contributed by atoms with Gasteiger partial charge in [-0.05, 0) is 12.3 Å². The standard InChI is InChI=1S/C9H21NO2/c1-5-8(3,4)7-9(10,11)12-6-2/h11H,5-7,10H2,1-4H3. The Bertz CT molecular complexity index is 132. The van der Waals surface area contributed by atoms with Gasteiger partial charge < -0.3 is 9.84 Å². The molecule has 12 heavy (non-hydrogen) atoms. The van der Waals surface area contributed by atoms with Crippen molar-refractivity contribution in [3.8, 4) is 0 Å². The molecule has 1 atom stereocenters. The SMILES string of the molecule is CCOC(N)(O)CC(C)(C)CC. The second kappa shape index (κ2) is 4.21. The lowest BCUT2D eigenvalue weighted by Crippen LogP contribution is -2.46. The average molecular weight is 175 g/mol. The molecule has 74 valence electrons. The van der Waals surface area contributed by atoms with Crippen LogP contribution in [0.25, 0.3) is 0 Å². The largest absolute Gasteiger partial charge is 0.353 e. The lowest BCUT2D eigenvalue weighted by Gasteiger charge is -2.32. The van der Waals surface area contributed by atoms with E-state index in [-0.39, 0.29) is 5.41 Å². The molecule has 0 amide bonds. The van der Waals surface area contributed by atoms with Crippen LogP contribution in [0.1, 0.15) is 40.5 Å². The first-order valence-corrected chi connectivity index (χ1v) is 4.48. The molecule has 0 heterocycles.